The van der Waals surface area contributed by atoms with Crippen molar-refractivity contribution in [2.75, 3.05) is 14.2 Å². The second-order valence-corrected chi connectivity index (χ2v) is 6.03. The Kier molecular flexibility index (Phi) is 5.55. The summed E-state index contributed by atoms with van der Waals surface area (Å²) < 4.78 is 7.55. The summed E-state index contributed by atoms with van der Waals surface area (Å²) in [5.74, 6) is 1.96. The molecular weight excluding hydrogens is 276 g/mol. The fraction of sp³-hybridized carbons (Fsp3) is 0.529. The van der Waals surface area contributed by atoms with Crippen LogP contribution >= 0.6 is 0 Å². The Balaban J connectivity index is 2.03. The molecule has 1 heterocycles. The van der Waals surface area contributed by atoms with Crippen LogP contribution < -0.4 is 4.74 Å². The number of hydrogen-bond donors (Lipinski definition) is 0. The van der Waals surface area contributed by atoms with Gasteiger partial charge in [-0.2, -0.15) is 0 Å². The lowest BCUT2D eigenvalue weighted by Crippen LogP contribution is -2.31. The van der Waals surface area contributed by atoms with Gasteiger partial charge in [0.05, 0.1) is 13.7 Å². The van der Waals surface area contributed by atoms with Crippen LogP contribution in [-0.4, -0.2) is 39.9 Å². The summed E-state index contributed by atoms with van der Waals surface area (Å²) in [4.78, 5) is 2.30. The minimum Gasteiger partial charge on any atom is -0.496 e. The van der Waals surface area contributed by atoms with E-state index in [1.54, 1.807) is 13.4 Å². The maximum atomic E-state index is 5.44. The van der Waals surface area contributed by atoms with Crippen molar-refractivity contribution in [3.05, 3.63) is 42.0 Å². The molecule has 0 aliphatic heterocycles. The quantitative estimate of drug-likeness (QED) is 0.789. The van der Waals surface area contributed by atoms with E-state index >= 15 is 0 Å². The molecule has 0 spiro atoms. The van der Waals surface area contributed by atoms with Crippen molar-refractivity contribution in [2.45, 2.75) is 45.8 Å². The number of benzene rings is 1. The maximum absolute atomic E-state index is 5.44. The van der Waals surface area contributed by atoms with Crippen LogP contribution in [0.25, 0.3) is 0 Å². The molecule has 0 saturated carbocycles. The number of likely N-dealkylation sites (N-methyl/N-ethyl adjacent to an activating group) is 1. The van der Waals surface area contributed by atoms with Crippen LogP contribution in [0.4, 0.5) is 0 Å². The summed E-state index contributed by atoms with van der Waals surface area (Å²) >= 11 is 0. The van der Waals surface area contributed by atoms with Gasteiger partial charge in [-0.25, -0.2) is 0 Å². The van der Waals surface area contributed by atoms with Gasteiger partial charge >= 0.3 is 0 Å². The van der Waals surface area contributed by atoms with Crippen LogP contribution in [0.3, 0.4) is 0 Å². The number of nitrogens with zero attached hydrogens (tertiary/aromatic N) is 4. The fourth-order valence-corrected chi connectivity index (χ4v) is 2.54. The van der Waals surface area contributed by atoms with E-state index in [1.165, 1.54) is 5.56 Å². The van der Waals surface area contributed by atoms with Crippen LogP contribution in [0.5, 0.6) is 5.75 Å². The van der Waals surface area contributed by atoms with Gasteiger partial charge in [0.1, 0.15) is 17.9 Å². The van der Waals surface area contributed by atoms with Crippen LogP contribution in [0.1, 0.15) is 38.2 Å². The lowest BCUT2D eigenvalue weighted by Gasteiger charge is -2.25. The summed E-state index contributed by atoms with van der Waals surface area (Å²) in [6, 6.07) is 8.95. The monoisotopic (exact) mass is 302 g/mol. The van der Waals surface area contributed by atoms with E-state index in [2.05, 4.69) is 59.6 Å². The summed E-state index contributed by atoms with van der Waals surface area (Å²) in [6.07, 6.45) is 2.75. The third kappa shape index (κ3) is 3.85. The molecule has 0 unspecified atom stereocenters. The maximum Gasteiger partial charge on any atom is 0.147 e. The van der Waals surface area contributed by atoms with Gasteiger partial charge in [0.2, 0.25) is 0 Å². The minimum absolute atomic E-state index is 0.378. The molecule has 5 nitrogen and oxygen atoms in total. The fourth-order valence-electron chi connectivity index (χ4n) is 2.54. The number of aromatic nitrogens is 3. The Bertz CT molecular complexity index is 594. The summed E-state index contributed by atoms with van der Waals surface area (Å²) in [7, 11) is 3.84. The number of ether oxygens (including phenoxy) is 1. The molecule has 0 radical (unpaired) electrons. The predicted molar refractivity (Wildman–Crippen MR) is 88.0 cm³/mol. The van der Waals surface area contributed by atoms with Gasteiger partial charge in [0.25, 0.3) is 0 Å². The molecule has 1 aromatic heterocycles. The minimum atomic E-state index is 0.378. The Hall–Kier alpha value is -1.88. The summed E-state index contributed by atoms with van der Waals surface area (Å²) in [6.45, 7) is 7.30. The molecule has 0 N–H and O–H groups in total. The van der Waals surface area contributed by atoms with Crippen LogP contribution in [0.2, 0.25) is 0 Å². The first-order valence-electron chi connectivity index (χ1n) is 7.73. The summed E-state index contributed by atoms with van der Waals surface area (Å²) in [5, 5.41) is 8.28. The molecular formula is C17H26N4O. The van der Waals surface area contributed by atoms with Gasteiger partial charge in [-0.05, 0) is 45.9 Å². The van der Waals surface area contributed by atoms with Gasteiger partial charge in [-0.3, -0.25) is 4.90 Å². The second-order valence-electron chi connectivity index (χ2n) is 6.03. The predicted octanol–water partition coefficient (Wildman–Crippen LogP) is 2.93. The van der Waals surface area contributed by atoms with E-state index in [-0.39, 0.29) is 0 Å². The van der Waals surface area contributed by atoms with Gasteiger partial charge < -0.3 is 9.30 Å². The molecule has 0 aliphatic carbocycles. The van der Waals surface area contributed by atoms with E-state index in [1.807, 2.05) is 12.1 Å². The van der Waals surface area contributed by atoms with Crippen LogP contribution in [0, 0.1) is 0 Å². The van der Waals surface area contributed by atoms with E-state index in [9.17, 15) is 0 Å². The first kappa shape index (κ1) is 16.5. The Morgan fingerprint density at radius 1 is 1.23 bits per heavy atom. The normalized spacial score (nSPS) is 12.9. The third-order valence-electron chi connectivity index (χ3n) is 4.05. The Labute approximate surface area is 132 Å². The lowest BCUT2D eigenvalue weighted by atomic mass is 10.1. The lowest BCUT2D eigenvalue weighted by molar-refractivity contribution is 0.235. The molecule has 22 heavy (non-hydrogen) atoms. The molecule has 5 heteroatoms. The topological polar surface area (TPSA) is 43.2 Å². The van der Waals surface area contributed by atoms with Gasteiger partial charge in [0.15, 0.2) is 0 Å². The van der Waals surface area contributed by atoms with E-state index in [0.717, 1.165) is 24.5 Å². The number of para-hydroxylation sites is 1. The van der Waals surface area contributed by atoms with E-state index in [4.69, 9.17) is 4.74 Å². The van der Waals surface area contributed by atoms with Gasteiger partial charge in [-0.1, -0.05) is 18.2 Å². The molecule has 120 valence electrons. The zero-order valence-electron chi connectivity index (χ0n) is 14.2. The van der Waals surface area contributed by atoms with Crippen molar-refractivity contribution >= 4 is 0 Å². The molecule has 1 atom stereocenters. The van der Waals surface area contributed by atoms with Crippen molar-refractivity contribution < 1.29 is 4.74 Å². The molecule has 0 bridgehead atoms. The number of rotatable bonds is 7. The first-order chi connectivity index (χ1) is 10.5. The average molecular weight is 302 g/mol. The molecule has 1 aromatic carbocycles. The number of hydrogen-bond acceptors (Lipinski definition) is 4. The largest absolute Gasteiger partial charge is 0.496 e. The number of methoxy groups -OCH3 is 1. The highest BCUT2D eigenvalue weighted by Crippen LogP contribution is 2.20. The zero-order chi connectivity index (χ0) is 16.1. The Morgan fingerprint density at radius 2 is 1.95 bits per heavy atom. The molecule has 2 rings (SSSR count). The van der Waals surface area contributed by atoms with E-state index < -0.39 is 0 Å². The highest BCUT2D eigenvalue weighted by Gasteiger charge is 2.16. The smallest absolute Gasteiger partial charge is 0.147 e. The first-order valence-corrected chi connectivity index (χ1v) is 7.73. The SMILES string of the molecule is COc1ccccc1C[C@H](C)N(C)Cc1nncn1C(C)C. The van der Waals surface area contributed by atoms with Crippen molar-refractivity contribution in [1.29, 1.82) is 0 Å². The third-order valence-corrected chi connectivity index (χ3v) is 4.05. The highest BCUT2D eigenvalue weighted by molar-refractivity contribution is 5.33. The van der Waals surface area contributed by atoms with Crippen molar-refractivity contribution in [2.24, 2.45) is 0 Å². The van der Waals surface area contributed by atoms with Crippen molar-refractivity contribution in [1.82, 2.24) is 19.7 Å². The van der Waals surface area contributed by atoms with Crippen molar-refractivity contribution in [3.63, 3.8) is 0 Å². The highest BCUT2D eigenvalue weighted by atomic mass is 16.5. The van der Waals surface area contributed by atoms with Crippen LogP contribution in [-0.2, 0) is 13.0 Å². The standard InChI is InChI=1S/C17H26N4O/c1-13(2)21-12-18-19-17(21)11-20(4)14(3)10-15-8-6-7-9-16(15)22-5/h6-9,12-14H,10-11H2,1-5H3/t14-/m0/s1. The molecule has 0 saturated heterocycles. The van der Waals surface area contributed by atoms with Gasteiger partial charge in [-0.15, -0.1) is 10.2 Å². The van der Waals surface area contributed by atoms with E-state index in [0.29, 0.717) is 12.1 Å². The zero-order valence-corrected chi connectivity index (χ0v) is 14.2. The van der Waals surface area contributed by atoms with Crippen LogP contribution in [0.15, 0.2) is 30.6 Å². The Morgan fingerprint density at radius 3 is 2.64 bits per heavy atom. The molecule has 0 amide bonds. The van der Waals surface area contributed by atoms with Crippen molar-refractivity contribution in [3.8, 4) is 5.75 Å². The van der Waals surface area contributed by atoms with Gasteiger partial charge in [0, 0.05) is 12.1 Å². The molecule has 0 fully saturated rings. The average Bonchev–Trinajstić information content (AvgIpc) is 2.96. The second kappa shape index (κ2) is 7.40. The molecule has 2 aromatic rings. The molecule has 0 aliphatic rings. The summed E-state index contributed by atoms with van der Waals surface area (Å²) in [5.41, 5.74) is 1.23.